The molecule has 5 heterocycles. The van der Waals surface area contributed by atoms with E-state index in [0.717, 1.165) is 123 Å². The summed E-state index contributed by atoms with van der Waals surface area (Å²) in [4.78, 5) is 0. The Hall–Kier alpha value is -8.15. The van der Waals surface area contributed by atoms with E-state index < -0.39 is 52.9 Å². The number of hydrogen-bond donors (Lipinski definition) is 0. The smallest absolute Gasteiger partial charge is 0.201 e. The van der Waals surface area contributed by atoms with Crippen molar-refractivity contribution in [2.24, 2.45) is 47.1 Å². The third-order valence-corrected chi connectivity index (χ3v) is 18.3. The Bertz CT molecular complexity index is 4930. The first kappa shape index (κ1) is 49.4. The van der Waals surface area contributed by atoms with E-state index in [9.17, 15) is 0 Å². The van der Waals surface area contributed by atoms with E-state index in [1.807, 2.05) is 152 Å². The van der Waals surface area contributed by atoms with Crippen molar-refractivity contribution in [2.75, 3.05) is 0 Å². The molecule has 0 amide bonds. The number of nitrogens with zero attached hydrogens (tertiary/aromatic N) is 5. The van der Waals surface area contributed by atoms with Crippen molar-refractivity contribution in [1.29, 1.82) is 0 Å². The topological polar surface area (TPSA) is 19.4 Å². The van der Waals surface area contributed by atoms with Gasteiger partial charge in [0.15, 0.2) is 31.0 Å². The maximum Gasteiger partial charge on any atom is 0.212 e. The number of aryl methyl sites for hydroxylation is 16. The Balaban J connectivity index is 0.000000180. The molecule has 0 atom stereocenters. The van der Waals surface area contributed by atoms with Crippen LogP contribution < -0.4 is 22.8 Å². The van der Waals surface area contributed by atoms with Gasteiger partial charge in [-0.05, 0) is 223 Å². The summed E-state index contributed by atoms with van der Waals surface area (Å²) in [5.41, 5.74) is 20.2. The molecule has 10 aromatic rings. The highest BCUT2D eigenvalue weighted by molar-refractivity contribution is 5.65. The van der Waals surface area contributed by atoms with Crippen LogP contribution in [0.4, 0.5) is 0 Å². The van der Waals surface area contributed by atoms with Gasteiger partial charge in [-0.1, -0.05) is 151 Å². The molecular weight excluding hydrogens is 1150 g/mol. The van der Waals surface area contributed by atoms with Gasteiger partial charge >= 0.3 is 0 Å². The van der Waals surface area contributed by atoms with Crippen molar-refractivity contribution in [3.8, 4) is 56.3 Å². The highest BCUT2D eigenvalue weighted by Crippen LogP contribution is 2.39. The lowest BCUT2D eigenvalue weighted by atomic mass is 9.92. The van der Waals surface area contributed by atoms with E-state index in [4.69, 9.17) is 27.4 Å². The van der Waals surface area contributed by atoms with Gasteiger partial charge in [-0.15, -0.1) is 0 Å². The van der Waals surface area contributed by atoms with E-state index in [1.54, 1.807) is 67.8 Å². The zero-order valence-electron chi connectivity index (χ0n) is 79.2. The summed E-state index contributed by atoms with van der Waals surface area (Å²) in [6.07, 6.45) is 13.7. The Morgan fingerprint density at radius 1 is 0.368 bits per heavy atom. The minimum atomic E-state index is -2.36. The Labute approximate surface area is 603 Å². The van der Waals surface area contributed by atoms with Crippen LogP contribution in [0.5, 0.6) is 0 Å². The second kappa shape index (κ2) is 34.0. The van der Waals surface area contributed by atoms with Crippen LogP contribution in [0.3, 0.4) is 0 Å². The molecule has 2 aliphatic carbocycles. The maximum atomic E-state index is 8.87. The van der Waals surface area contributed by atoms with Crippen LogP contribution in [0.2, 0.25) is 0 Å². The van der Waals surface area contributed by atoms with Crippen molar-refractivity contribution in [3.63, 3.8) is 0 Å². The molecule has 0 unspecified atom stereocenters. The molecule has 5 heteroatoms. The SMILES string of the molecule is [2H]C([2H])([2H])c1c[n+](C)c(-c2ccccc2C)cc1C([2H])([2H])C.[2H]C([2H])([2H])c1c[n+](C)c(-c2ccccc2C)cc1C([2H])([2H])C(C)C.[2H]C([2H])([2H])c1c[n+](C)c(-c2ccccc2C)cc1C1([2H])CCCC1.[2H]C([2H])([2H])c1c[n+](C)c(-c2ccccc2C)cc1C1CCCC1.[2H]C([2H])([2H])c1c[n+](C)c(-c2ccccc2C)cc1CC(C)C. The summed E-state index contributed by atoms with van der Waals surface area (Å²) < 4.78 is 168. The normalized spacial score (nSPS) is 17.4. The summed E-state index contributed by atoms with van der Waals surface area (Å²) in [6, 6.07) is 49.7. The fraction of sp³-hybridized carbons (Fsp3) is 0.389. The van der Waals surface area contributed by atoms with Crippen LogP contribution in [-0.4, -0.2) is 0 Å². The van der Waals surface area contributed by atoms with Gasteiger partial charge in [0.1, 0.15) is 35.2 Å². The van der Waals surface area contributed by atoms with Crippen LogP contribution in [0.1, 0.15) is 209 Å². The van der Waals surface area contributed by atoms with Crippen molar-refractivity contribution in [3.05, 3.63) is 266 Å². The second-order valence-corrected chi connectivity index (χ2v) is 26.7. The highest BCUT2D eigenvalue weighted by atomic mass is 14.9. The van der Waals surface area contributed by atoms with E-state index >= 15 is 0 Å². The minimum absolute atomic E-state index is 0.0554. The van der Waals surface area contributed by atoms with E-state index in [-0.39, 0.29) is 28.2 Å². The van der Waals surface area contributed by atoms with Gasteiger partial charge in [0, 0.05) is 113 Å². The molecule has 2 aliphatic rings. The molecular formula is C90H116N5+5. The van der Waals surface area contributed by atoms with Crippen LogP contribution in [0.25, 0.3) is 56.3 Å². The molecule has 0 N–H and O–H groups in total. The average Bonchev–Trinajstić information content (AvgIpc) is 1.70. The zero-order valence-corrected chi connectivity index (χ0v) is 59.2. The van der Waals surface area contributed by atoms with Crippen molar-refractivity contribution in [2.45, 2.75) is 186 Å². The van der Waals surface area contributed by atoms with Gasteiger partial charge in [-0.2, -0.15) is 0 Å². The fourth-order valence-electron chi connectivity index (χ4n) is 13.1. The molecule has 5 aromatic heterocycles. The van der Waals surface area contributed by atoms with Crippen LogP contribution >= 0.6 is 0 Å². The fourth-order valence-corrected chi connectivity index (χ4v) is 13.1. The van der Waals surface area contributed by atoms with Crippen LogP contribution in [-0.2, 0) is 54.4 Å². The molecule has 5 nitrogen and oxygen atoms in total. The molecule has 0 spiro atoms. The Kier molecular flexibility index (Phi) is 17.7. The summed E-state index contributed by atoms with van der Waals surface area (Å²) >= 11 is 0. The number of benzene rings is 5. The number of hydrogen-bond acceptors (Lipinski definition) is 0. The predicted octanol–water partition coefficient (Wildman–Crippen LogP) is 20.2. The first-order valence-electron chi connectivity index (χ1n) is 43.8. The van der Waals surface area contributed by atoms with Gasteiger partial charge < -0.3 is 0 Å². The minimum Gasteiger partial charge on any atom is -0.201 e. The monoisotopic (exact) mass is 1290 g/mol. The average molecular weight is 1290 g/mol. The number of aromatic nitrogens is 5. The second-order valence-electron chi connectivity index (χ2n) is 26.7. The Morgan fingerprint density at radius 3 is 1.01 bits per heavy atom. The molecule has 0 aliphatic heterocycles. The van der Waals surface area contributed by atoms with Gasteiger partial charge in [0.2, 0.25) is 28.5 Å². The Morgan fingerprint density at radius 2 is 0.663 bits per heavy atom. The summed E-state index contributed by atoms with van der Waals surface area (Å²) in [6.45, 7) is 8.31. The third-order valence-electron chi connectivity index (χ3n) is 18.3. The lowest BCUT2D eigenvalue weighted by Gasteiger charge is -2.14. The molecule has 12 rings (SSSR count). The third kappa shape index (κ3) is 18.9. The summed E-state index contributed by atoms with van der Waals surface area (Å²) in [5.74, 6) is -0.320. The molecule has 0 bridgehead atoms. The highest BCUT2D eigenvalue weighted by Gasteiger charge is 2.26. The lowest BCUT2D eigenvalue weighted by Crippen LogP contribution is -2.32. The van der Waals surface area contributed by atoms with Gasteiger partial charge in [0.05, 0.1) is 0 Å². The molecule has 0 radical (unpaired) electrons. The molecule has 95 heavy (non-hydrogen) atoms. The summed E-state index contributed by atoms with van der Waals surface area (Å²) in [5, 5.41) is 0. The van der Waals surface area contributed by atoms with Crippen molar-refractivity contribution < 1.29 is 50.3 Å². The predicted molar refractivity (Wildman–Crippen MR) is 402 cm³/mol. The summed E-state index contributed by atoms with van der Waals surface area (Å²) in [7, 11) is 9.31. The molecule has 2 fully saturated rings. The molecule has 0 saturated heterocycles. The van der Waals surface area contributed by atoms with Gasteiger partial charge in [-0.25, -0.2) is 22.8 Å². The van der Waals surface area contributed by atoms with Crippen LogP contribution in [0, 0.1) is 80.7 Å². The van der Waals surface area contributed by atoms with Gasteiger partial charge in [-0.3, -0.25) is 0 Å². The number of pyridine rings is 5. The molecule has 5 aromatic carbocycles. The van der Waals surface area contributed by atoms with E-state index in [0.29, 0.717) is 34.1 Å². The maximum absolute atomic E-state index is 8.87. The first-order chi connectivity index (χ1) is 53.3. The standard InChI is InChI=1S/2C19H24N.2C18H24N.C16H20N/c2*1-14-8-4-7-11-17(14)19-12-18(15(2)13-20(19)3)16-9-5-6-10-16;2*1-13(2)10-16-11-18(19(5)12-15(16)4)17-9-7-6-8-14(17)3;1-5-14-10-16(17(4)11-13(14)3)15-9-7-6-8-12(15)2/h2*4,7-8,11-13,16H,5-6,9-10H2,1-3H3;2*6-9,11-13H,10H2,1-5H3;6-11H,5H2,1-4H3/q5*+1/i2D3,16D;2D3;4D3,10D2;4D3;3D3,5D2. The number of rotatable bonds is 12. The van der Waals surface area contributed by atoms with Crippen molar-refractivity contribution in [1.82, 2.24) is 0 Å². The largest absolute Gasteiger partial charge is 0.212 e. The van der Waals surface area contributed by atoms with E-state index in [2.05, 4.69) is 77.1 Å². The van der Waals surface area contributed by atoms with Crippen molar-refractivity contribution >= 4 is 0 Å². The quantitative estimate of drug-likeness (QED) is 0.109. The first-order valence-corrected chi connectivity index (χ1v) is 33.8. The van der Waals surface area contributed by atoms with Crippen LogP contribution in [0.15, 0.2) is 183 Å². The molecule has 2 saturated carbocycles. The molecule has 496 valence electrons. The zero-order chi connectivity index (χ0) is 85.6. The van der Waals surface area contributed by atoms with E-state index in [1.165, 1.54) is 42.7 Å². The lowest BCUT2D eigenvalue weighted by molar-refractivity contribution is -0.661. The van der Waals surface area contributed by atoms with Gasteiger partial charge in [0.25, 0.3) is 0 Å².